The molecule has 26 heavy (non-hydrogen) atoms. The molecule has 1 saturated heterocycles. The molecule has 0 spiro atoms. The van der Waals surface area contributed by atoms with Gasteiger partial charge in [0.05, 0.1) is 0 Å². The Morgan fingerprint density at radius 2 is 2.04 bits per heavy atom. The molecule has 1 aromatic rings. The van der Waals surface area contributed by atoms with Gasteiger partial charge in [0, 0.05) is 30.4 Å². The van der Waals surface area contributed by atoms with Crippen molar-refractivity contribution in [1.82, 2.24) is 10.2 Å². The Bertz CT molecular complexity index is 762. The normalized spacial score (nSPS) is 27.1. The first-order chi connectivity index (χ1) is 12.2. The van der Waals surface area contributed by atoms with Crippen LogP contribution in [0.3, 0.4) is 0 Å². The Morgan fingerprint density at radius 1 is 1.35 bits per heavy atom. The minimum absolute atomic E-state index is 0.174. The molecular formula is C21H26ClN3O. The quantitative estimate of drug-likeness (QED) is 0.635. The van der Waals surface area contributed by atoms with Gasteiger partial charge >= 0.3 is 0 Å². The Hall–Kier alpha value is -1.99. The van der Waals surface area contributed by atoms with Gasteiger partial charge < -0.3 is 10.2 Å². The second-order valence-electron chi connectivity index (χ2n) is 8.85. The first kappa shape index (κ1) is 18.8. The molecule has 1 aliphatic heterocycles. The molecule has 1 heterocycles. The number of rotatable bonds is 4. The van der Waals surface area contributed by atoms with E-state index in [-0.39, 0.29) is 16.9 Å². The van der Waals surface area contributed by atoms with Crippen molar-refractivity contribution in [2.24, 2.45) is 10.8 Å². The molecule has 2 aliphatic rings. The molecule has 5 heteroatoms. The maximum atomic E-state index is 12.4. The second kappa shape index (κ2) is 6.96. The first-order valence-electron chi connectivity index (χ1n) is 9.10. The minimum atomic E-state index is -0.326. The van der Waals surface area contributed by atoms with Crippen LogP contribution in [0.5, 0.6) is 0 Å². The number of nitrogens with one attached hydrogen (secondary N) is 1. The third-order valence-corrected chi connectivity index (χ3v) is 5.73. The van der Waals surface area contributed by atoms with E-state index in [9.17, 15) is 10.1 Å². The molecule has 2 bridgehead atoms. The number of hydrogen-bond acceptors (Lipinski definition) is 3. The molecule has 2 unspecified atom stereocenters. The van der Waals surface area contributed by atoms with Crippen molar-refractivity contribution in [3.63, 3.8) is 0 Å². The number of nitrogens with zero attached hydrogens (tertiary/aromatic N) is 2. The highest BCUT2D eigenvalue weighted by molar-refractivity contribution is 6.30. The predicted octanol–water partition coefficient (Wildman–Crippen LogP) is 4.26. The van der Waals surface area contributed by atoms with Gasteiger partial charge in [0.1, 0.15) is 11.6 Å². The maximum absolute atomic E-state index is 12.4. The maximum Gasteiger partial charge on any atom is 0.263 e. The Labute approximate surface area is 160 Å². The van der Waals surface area contributed by atoms with E-state index in [1.54, 1.807) is 18.3 Å². The van der Waals surface area contributed by atoms with Crippen molar-refractivity contribution in [2.75, 3.05) is 6.54 Å². The Kier molecular flexibility index (Phi) is 5.03. The average molecular weight is 372 g/mol. The van der Waals surface area contributed by atoms with Gasteiger partial charge in [0.2, 0.25) is 0 Å². The third-order valence-electron chi connectivity index (χ3n) is 5.48. The van der Waals surface area contributed by atoms with Gasteiger partial charge in [-0.05, 0) is 47.8 Å². The summed E-state index contributed by atoms with van der Waals surface area (Å²) in [6, 6.07) is 9.80. The molecule has 1 aliphatic carbocycles. The van der Waals surface area contributed by atoms with Crippen molar-refractivity contribution < 1.29 is 4.79 Å². The first-order valence-corrected chi connectivity index (χ1v) is 9.48. The van der Waals surface area contributed by atoms with Gasteiger partial charge in [0.15, 0.2) is 0 Å². The fourth-order valence-corrected chi connectivity index (χ4v) is 4.96. The number of hydrogen-bond donors (Lipinski definition) is 1. The SMILES string of the molecule is CC1(C)CC2CC(C)(CN2/C=C(/C#N)C(=O)NCc2ccc(Cl)cc2)C1. The lowest BCUT2D eigenvalue weighted by atomic mass is 9.65. The number of fused-ring (bicyclic) bond motifs is 2. The predicted molar refractivity (Wildman–Crippen MR) is 103 cm³/mol. The van der Waals surface area contributed by atoms with E-state index in [2.05, 4.69) is 37.1 Å². The summed E-state index contributed by atoms with van der Waals surface area (Å²) in [5, 5.41) is 13.0. The smallest absolute Gasteiger partial charge is 0.263 e. The van der Waals surface area contributed by atoms with Crippen LogP contribution >= 0.6 is 11.6 Å². The molecule has 1 amide bonds. The highest BCUT2D eigenvalue weighted by atomic mass is 35.5. The second-order valence-corrected chi connectivity index (χ2v) is 9.29. The van der Waals surface area contributed by atoms with Crippen LogP contribution in [0.15, 0.2) is 36.0 Å². The van der Waals surface area contributed by atoms with Gasteiger partial charge in [0.25, 0.3) is 5.91 Å². The van der Waals surface area contributed by atoms with Crippen LogP contribution in [0, 0.1) is 22.2 Å². The zero-order valence-electron chi connectivity index (χ0n) is 15.7. The zero-order chi connectivity index (χ0) is 18.9. The van der Waals surface area contributed by atoms with Gasteiger partial charge in [-0.3, -0.25) is 4.79 Å². The van der Waals surface area contributed by atoms with Crippen LogP contribution in [0.4, 0.5) is 0 Å². The zero-order valence-corrected chi connectivity index (χ0v) is 16.4. The third kappa shape index (κ3) is 4.22. The molecule has 1 aromatic carbocycles. The van der Waals surface area contributed by atoms with E-state index in [4.69, 9.17) is 11.6 Å². The summed E-state index contributed by atoms with van der Waals surface area (Å²) < 4.78 is 0. The molecule has 0 aromatic heterocycles. The summed E-state index contributed by atoms with van der Waals surface area (Å²) in [4.78, 5) is 14.7. The van der Waals surface area contributed by atoms with E-state index >= 15 is 0 Å². The monoisotopic (exact) mass is 371 g/mol. The number of carbonyl (C=O) groups is 1. The van der Waals surface area contributed by atoms with E-state index < -0.39 is 0 Å². The van der Waals surface area contributed by atoms with Crippen molar-refractivity contribution in [3.8, 4) is 6.07 Å². The van der Waals surface area contributed by atoms with Crippen LogP contribution in [0.2, 0.25) is 5.02 Å². The summed E-state index contributed by atoms with van der Waals surface area (Å²) in [7, 11) is 0. The summed E-state index contributed by atoms with van der Waals surface area (Å²) in [6.45, 7) is 8.24. The standard InChI is InChI=1S/C21H26ClN3O/c1-20(2)8-18-9-21(3,13-20)14-25(18)12-16(10-23)19(26)24-11-15-4-6-17(22)7-5-15/h4-7,12,18H,8-9,11,13-14H2,1-3H3,(H,24,26)/b16-12-. The summed E-state index contributed by atoms with van der Waals surface area (Å²) in [6.07, 6.45) is 5.20. The number of nitriles is 1. The fraction of sp³-hybridized carbons (Fsp3) is 0.524. The van der Waals surface area contributed by atoms with Gasteiger partial charge in [-0.15, -0.1) is 0 Å². The summed E-state index contributed by atoms with van der Waals surface area (Å²) >= 11 is 5.87. The molecule has 1 N–H and O–H groups in total. The van der Waals surface area contributed by atoms with Crippen LogP contribution in [0.25, 0.3) is 0 Å². The lowest BCUT2D eigenvalue weighted by Crippen LogP contribution is -2.34. The van der Waals surface area contributed by atoms with Crippen LogP contribution in [-0.4, -0.2) is 23.4 Å². The molecule has 2 atom stereocenters. The van der Waals surface area contributed by atoms with Gasteiger partial charge in [-0.1, -0.05) is 44.5 Å². The molecule has 4 nitrogen and oxygen atoms in total. The highest BCUT2D eigenvalue weighted by Gasteiger charge is 2.48. The van der Waals surface area contributed by atoms with Crippen LogP contribution in [-0.2, 0) is 11.3 Å². The van der Waals surface area contributed by atoms with Crippen molar-refractivity contribution >= 4 is 17.5 Å². The Balaban J connectivity index is 1.67. The number of carbonyl (C=O) groups excluding carboxylic acids is 1. The van der Waals surface area contributed by atoms with Gasteiger partial charge in [-0.25, -0.2) is 0 Å². The lowest BCUT2D eigenvalue weighted by molar-refractivity contribution is -0.117. The number of halogens is 1. The van der Waals surface area contributed by atoms with Crippen LogP contribution < -0.4 is 5.32 Å². The molecule has 3 rings (SSSR count). The van der Waals surface area contributed by atoms with E-state index in [0.29, 0.717) is 23.0 Å². The van der Waals surface area contributed by atoms with Crippen molar-refractivity contribution in [2.45, 2.75) is 52.6 Å². The average Bonchev–Trinajstić information content (AvgIpc) is 2.79. The molecule has 138 valence electrons. The summed E-state index contributed by atoms with van der Waals surface area (Å²) in [5.41, 5.74) is 1.70. The van der Waals surface area contributed by atoms with Gasteiger partial charge in [-0.2, -0.15) is 5.26 Å². The van der Waals surface area contributed by atoms with E-state index in [1.807, 2.05) is 12.1 Å². The molecular weight excluding hydrogens is 346 g/mol. The molecule has 0 radical (unpaired) electrons. The van der Waals surface area contributed by atoms with E-state index in [0.717, 1.165) is 24.9 Å². The fourth-order valence-electron chi connectivity index (χ4n) is 4.84. The summed E-state index contributed by atoms with van der Waals surface area (Å²) in [5.74, 6) is -0.326. The minimum Gasteiger partial charge on any atom is -0.373 e. The molecule has 2 fully saturated rings. The lowest BCUT2D eigenvalue weighted by Gasteiger charge is -2.39. The van der Waals surface area contributed by atoms with Crippen LogP contribution in [0.1, 0.15) is 45.6 Å². The Morgan fingerprint density at radius 3 is 2.69 bits per heavy atom. The topological polar surface area (TPSA) is 56.1 Å². The number of benzene rings is 1. The number of likely N-dealkylation sites (tertiary alicyclic amines) is 1. The van der Waals surface area contributed by atoms with E-state index in [1.165, 1.54) is 6.42 Å². The number of amides is 1. The van der Waals surface area contributed by atoms with Crippen molar-refractivity contribution in [3.05, 3.63) is 46.6 Å². The highest BCUT2D eigenvalue weighted by Crippen LogP contribution is 2.52. The largest absolute Gasteiger partial charge is 0.373 e. The van der Waals surface area contributed by atoms with Crippen molar-refractivity contribution in [1.29, 1.82) is 5.26 Å². The molecule has 1 saturated carbocycles.